The van der Waals surface area contributed by atoms with Gasteiger partial charge in [-0.2, -0.15) is 0 Å². The van der Waals surface area contributed by atoms with E-state index < -0.39 is 17.8 Å². The van der Waals surface area contributed by atoms with E-state index in [2.05, 4.69) is 4.98 Å². The van der Waals surface area contributed by atoms with Crippen LogP contribution in [0.4, 0.5) is 14.6 Å². The SMILES string of the molecule is COC(=O)c1c(C)cc(C)nc1N1CCC(F)(F)C(C)C1. The summed E-state index contributed by atoms with van der Waals surface area (Å²) in [5, 5.41) is 0. The Bertz CT molecular complexity index is 561. The first-order chi connectivity index (χ1) is 9.76. The van der Waals surface area contributed by atoms with Crippen LogP contribution in [0.1, 0.15) is 35.0 Å². The standard InChI is InChI=1S/C15H20F2N2O2/c1-9-7-11(3)18-13(12(9)14(20)21-4)19-6-5-15(16,17)10(2)8-19/h7,10H,5-6,8H2,1-4H3. The Morgan fingerprint density at radius 1 is 1.48 bits per heavy atom. The molecule has 1 fully saturated rings. The first-order valence-electron chi connectivity index (χ1n) is 6.95. The number of halogens is 2. The molecule has 116 valence electrons. The topological polar surface area (TPSA) is 42.4 Å². The van der Waals surface area contributed by atoms with Gasteiger partial charge in [0.25, 0.3) is 5.92 Å². The molecule has 1 aliphatic rings. The lowest BCUT2D eigenvalue weighted by Crippen LogP contribution is -2.46. The number of piperidine rings is 1. The molecule has 0 radical (unpaired) electrons. The fourth-order valence-electron chi connectivity index (χ4n) is 2.68. The maximum Gasteiger partial charge on any atom is 0.341 e. The van der Waals surface area contributed by atoms with Crippen molar-refractivity contribution >= 4 is 11.8 Å². The van der Waals surface area contributed by atoms with Crippen molar-refractivity contribution in [1.29, 1.82) is 0 Å². The zero-order valence-corrected chi connectivity index (χ0v) is 12.7. The summed E-state index contributed by atoms with van der Waals surface area (Å²) in [4.78, 5) is 18.1. The number of hydrogen-bond donors (Lipinski definition) is 0. The van der Waals surface area contributed by atoms with Gasteiger partial charge in [-0.3, -0.25) is 0 Å². The molecule has 0 bridgehead atoms. The normalized spacial score (nSPS) is 21.2. The highest BCUT2D eigenvalue weighted by atomic mass is 19.3. The molecule has 0 amide bonds. The first-order valence-corrected chi connectivity index (χ1v) is 6.95. The lowest BCUT2D eigenvalue weighted by atomic mass is 9.95. The van der Waals surface area contributed by atoms with Crippen molar-refractivity contribution in [1.82, 2.24) is 4.98 Å². The van der Waals surface area contributed by atoms with E-state index in [1.54, 1.807) is 17.9 Å². The molecule has 1 aliphatic heterocycles. The molecular formula is C15H20F2N2O2. The summed E-state index contributed by atoms with van der Waals surface area (Å²) in [5.74, 6) is -3.48. The van der Waals surface area contributed by atoms with Gasteiger partial charge < -0.3 is 9.64 Å². The fourth-order valence-corrected chi connectivity index (χ4v) is 2.68. The first kappa shape index (κ1) is 15.7. The molecule has 2 rings (SSSR count). The second kappa shape index (κ2) is 5.58. The lowest BCUT2D eigenvalue weighted by Gasteiger charge is -2.38. The van der Waals surface area contributed by atoms with Crippen LogP contribution in [0.3, 0.4) is 0 Å². The van der Waals surface area contributed by atoms with E-state index in [9.17, 15) is 13.6 Å². The highest BCUT2D eigenvalue weighted by Gasteiger charge is 2.42. The monoisotopic (exact) mass is 298 g/mol. The Kier molecular flexibility index (Phi) is 4.16. The smallest absolute Gasteiger partial charge is 0.341 e. The van der Waals surface area contributed by atoms with Crippen LogP contribution in [0, 0.1) is 19.8 Å². The number of pyridine rings is 1. The van der Waals surface area contributed by atoms with Crippen LogP contribution in [0.2, 0.25) is 0 Å². The van der Waals surface area contributed by atoms with E-state index >= 15 is 0 Å². The Labute approximate surface area is 123 Å². The Morgan fingerprint density at radius 3 is 2.71 bits per heavy atom. The van der Waals surface area contributed by atoms with Gasteiger partial charge in [0.1, 0.15) is 11.4 Å². The second-order valence-corrected chi connectivity index (χ2v) is 5.63. The lowest BCUT2D eigenvalue weighted by molar-refractivity contribution is -0.0652. The number of ether oxygens (including phenoxy) is 1. The minimum atomic E-state index is -2.67. The molecule has 21 heavy (non-hydrogen) atoms. The van der Waals surface area contributed by atoms with Gasteiger partial charge in [0, 0.05) is 31.1 Å². The number of nitrogens with zero attached hydrogens (tertiary/aromatic N) is 2. The Balaban J connectivity index is 2.42. The highest BCUT2D eigenvalue weighted by molar-refractivity contribution is 5.96. The third-order valence-electron chi connectivity index (χ3n) is 3.94. The molecule has 6 heteroatoms. The van der Waals surface area contributed by atoms with Gasteiger partial charge in [-0.1, -0.05) is 6.92 Å². The molecule has 2 heterocycles. The van der Waals surface area contributed by atoms with Crippen molar-refractivity contribution in [3.63, 3.8) is 0 Å². The minimum absolute atomic E-state index is 0.173. The molecule has 1 aromatic heterocycles. The van der Waals surface area contributed by atoms with Crippen LogP contribution < -0.4 is 4.90 Å². The number of hydrogen-bond acceptors (Lipinski definition) is 4. The molecule has 0 aliphatic carbocycles. The van der Waals surface area contributed by atoms with Crippen molar-refractivity contribution in [2.24, 2.45) is 5.92 Å². The minimum Gasteiger partial charge on any atom is -0.465 e. The third kappa shape index (κ3) is 2.99. The summed E-state index contributed by atoms with van der Waals surface area (Å²) >= 11 is 0. The van der Waals surface area contributed by atoms with Crippen molar-refractivity contribution < 1.29 is 18.3 Å². The van der Waals surface area contributed by atoms with Crippen LogP contribution in [0.5, 0.6) is 0 Å². The summed E-state index contributed by atoms with van der Waals surface area (Å²) in [7, 11) is 1.30. The molecule has 1 aromatic rings. The largest absolute Gasteiger partial charge is 0.465 e. The number of carbonyl (C=O) groups excluding carboxylic acids is 1. The summed E-state index contributed by atoms with van der Waals surface area (Å²) in [6, 6.07) is 1.79. The highest BCUT2D eigenvalue weighted by Crippen LogP contribution is 2.36. The molecule has 1 atom stereocenters. The quantitative estimate of drug-likeness (QED) is 0.787. The van der Waals surface area contributed by atoms with Crippen molar-refractivity contribution in [2.75, 3.05) is 25.1 Å². The van der Waals surface area contributed by atoms with Gasteiger partial charge in [0.05, 0.1) is 7.11 Å². The average Bonchev–Trinajstić information content (AvgIpc) is 2.40. The van der Waals surface area contributed by atoms with E-state index in [1.165, 1.54) is 14.0 Å². The summed E-state index contributed by atoms with van der Waals surface area (Å²) < 4.78 is 32.1. The molecule has 1 saturated heterocycles. The van der Waals surface area contributed by atoms with Crippen LogP contribution >= 0.6 is 0 Å². The summed E-state index contributed by atoms with van der Waals surface area (Å²) in [5.41, 5.74) is 1.86. The van der Waals surface area contributed by atoms with Gasteiger partial charge in [-0.05, 0) is 25.5 Å². The van der Waals surface area contributed by atoms with Crippen molar-refractivity contribution in [3.8, 4) is 0 Å². The zero-order valence-electron chi connectivity index (χ0n) is 12.7. The number of anilines is 1. The third-order valence-corrected chi connectivity index (χ3v) is 3.94. The maximum absolute atomic E-state index is 13.6. The second-order valence-electron chi connectivity index (χ2n) is 5.63. The maximum atomic E-state index is 13.6. The molecule has 4 nitrogen and oxygen atoms in total. The number of aryl methyl sites for hydroxylation is 2. The number of aromatic nitrogens is 1. The predicted octanol–water partition coefficient (Wildman–Crippen LogP) is 2.97. The predicted molar refractivity (Wildman–Crippen MR) is 76.0 cm³/mol. The molecule has 0 saturated carbocycles. The molecule has 0 spiro atoms. The summed E-state index contributed by atoms with van der Waals surface area (Å²) in [6.45, 7) is 5.49. The number of carbonyl (C=O) groups is 1. The average molecular weight is 298 g/mol. The van der Waals surface area contributed by atoms with E-state index in [0.29, 0.717) is 11.4 Å². The Morgan fingerprint density at radius 2 is 2.14 bits per heavy atom. The van der Waals surface area contributed by atoms with Crippen LogP contribution in [0.15, 0.2) is 6.07 Å². The van der Waals surface area contributed by atoms with Gasteiger partial charge in [0.2, 0.25) is 0 Å². The van der Waals surface area contributed by atoms with E-state index in [4.69, 9.17) is 4.74 Å². The van der Waals surface area contributed by atoms with Gasteiger partial charge in [0.15, 0.2) is 0 Å². The number of methoxy groups -OCH3 is 1. The zero-order chi connectivity index (χ0) is 15.8. The van der Waals surface area contributed by atoms with Crippen molar-refractivity contribution in [3.05, 3.63) is 22.9 Å². The number of rotatable bonds is 2. The van der Waals surface area contributed by atoms with Crippen molar-refractivity contribution in [2.45, 2.75) is 33.1 Å². The van der Waals surface area contributed by atoms with Crippen LogP contribution in [0.25, 0.3) is 0 Å². The van der Waals surface area contributed by atoms with E-state index in [1.807, 2.05) is 6.92 Å². The van der Waals surface area contributed by atoms with Crippen LogP contribution in [-0.2, 0) is 4.74 Å². The molecule has 1 unspecified atom stereocenters. The number of esters is 1. The van der Waals surface area contributed by atoms with Gasteiger partial charge in [-0.25, -0.2) is 18.6 Å². The Hall–Kier alpha value is -1.72. The van der Waals surface area contributed by atoms with Gasteiger partial charge >= 0.3 is 5.97 Å². The molecule has 0 aromatic carbocycles. The molecular weight excluding hydrogens is 278 g/mol. The summed E-state index contributed by atoms with van der Waals surface area (Å²) in [6.07, 6.45) is -0.233. The van der Waals surface area contributed by atoms with Gasteiger partial charge in [-0.15, -0.1) is 0 Å². The fraction of sp³-hybridized carbons (Fsp3) is 0.600. The van der Waals surface area contributed by atoms with Crippen LogP contribution in [-0.4, -0.2) is 37.1 Å². The van der Waals surface area contributed by atoms with E-state index in [0.717, 1.165) is 11.3 Å². The molecule has 0 N–H and O–H groups in total. The number of alkyl halides is 2. The van der Waals surface area contributed by atoms with E-state index in [-0.39, 0.29) is 19.5 Å².